The Kier molecular flexibility index (Phi) is 3.28. The van der Waals surface area contributed by atoms with Crippen molar-refractivity contribution in [3.05, 3.63) is 23.8 Å². The number of ether oxygens (including phenoxy) is 1. The lowest BCUT2D eigenvalue weighted by molar-refractivity contribution is 0.112. The van der Waals surface area contributed by atoms with Gasteiger partial charge < -0.3 is 10.1 Å². The van der Waals surface area contributed by atoms with Crippen LogP contribution in [-0.2, 0) is 11.3 Å². The largest absolute Gasteiger partial charge is 0.374 e. The van der Waals surface area contributed by atoms with E-state index in [0.717, 1.165) is 18.1 Å². The van der Waals surface area contributed by atoms with Crippen LogP contribution < -0.4 is 5.32 Å². The van der Waals surface area contributed by atoms with Crippen LogP contribution in [0.5, 0.6) is 0 Å². The number of nitrogens with one attached hydrogen (secondary N) is 1. The Morgan fingerprint density at radius 3 is 3.07 bits per heavy atom. The molecule has 2 rings (SSSR count). The lowest BCUT2D eigenvalue weighted by atomic mass is 10.3. The van der Waals surface area contributed by atoms with Crippen molar-refractivity contribution in [2.24, 2.45) is 0 Å². The van der Waals surface area contributed by atoms with Gasteiger partial charge in [0.15, 0.2) is 5.82 Å². The van der Waals surface area contributed by atoms with Crippen molar-refractivity contribution in [1.82, 2.24) is 15.3 Å². The predicted octanol–water partition coefficient (Wildman–Crippen LogP) is 1.44. The molecular weight excluding hydrogens is 190 g/mol. The minimum absolute atomic E-state index is 0.0362. The summed E-state index contributed by atoms with van der Waals surface area (Å²) in [6.07, 6.45) is 4.35. The van der Waals surface area contributed by atoms with E-state index in [4.69, 9.17) is 4.74 Å². The SMILES string of the molecule is COC(C)c1nccc(CNC2CC2)n1. The van der Waals surface area contributed by atoms with Gasteiger partial charge in [0.2, 0.25) is 0 Å². The summed E-state index contributed by atoms with van der Waals surface area (Å²) in [5, 5.41) is 3.43. The van der Waals surface area contributed by atoms with Gasteiger partial charge in [0, 0.05) is 25.9 Å². The van der Waals surface area contributed by atoms with Crippen LogP contribution in [0.25, 0.3) is 0 Å². The maximum absolute atomic E-state index is 5.18. The minimum Gasteiger partial charge on any atom is -0.374 e. The van der Waals surface area contributed by atoms with E-state index in [-0.39, 0.29) is 6.10 Å². The Hall–Kier alpha value is -1.00. The lowest BCUT2D eigenvalue weighted by Gasteiger charge is -2.09. The van der Waals surface area contributed by atoms with Crippen LogP contribution in [0.1, 0.15) is 37.4 Å². The second kappa shape index (κ2) is 4.68. The van der Waals surface area contributed by atoms with Gasteiger partial charge in [0.1, 0.15) is 6.10 Å². The molecule has 1 N–H and O–H groups in total. The van der Waals surface area contributed by atoms with E-state index in [0.29, 0.717) is 6.04 Å². The molecule has 1 aromatic rings. The summed E-state index contributed by atoms with van der Waals surface area (Å²) in [7, 11) is 1.67. The first-order valence-corrected chi connectivity index (χ1v) is 5.37. The van der Waals surface area contributed by atoms with Gasteiger partial charge in [0.05, 0.1) is 5.69 Å². The average molecular weight is 207 g/mol. The third-order valence-corrected chi connectivity index (χ3v) is 2.60. The standard InChI is InChI=1S/C11H17N3O/c1-8(15-2)11-12-6-5-10(14-11)7-13-9-3-4-9/h5-6,8-9,13H,3-4,7H2,1-2H3. The van der Waals surface area contributed by atoms with Gasteiger partial charge in [-0.1, -0.05) is 0 Å². The van der Waals surface area contributed by atoms with Gasteiger partial charge in [-0.3, -0.25) is 0 Å². The number of nitrogens with zero attached hydrogens (tertiary/aromatic N) is 2. The van der Waals surface area contributed by atoms with Crippen LogP contribution in [0.3, 0.4) is 0 Å². The zero-order chi connectivity index (χ0) is 10.7. The molecule has 1 aliphatic carbocycles. The molecule has 0 saturated heterocycles. The quantitative estimate of drug-likeness (QED) is 0.793. The van der Waals surface area contributed by atoms with Gasteiger partial charge in [-0.15, -0.1) is 0 Å². The fraction of sp³-hybridized carbons (Fsp3) is 0.636. The molecule has 1 aliphatic rings. The fourth-order valence-electron chi connectivity index (χ4n) is 1.35. The van der Waals surface area contributed by atoms with Crippen LogP contribution in [0, 0.1) is 0 Å². The number of rotatable bonds is 5. The summed E-state index contributed by atoms with van der Waals surface area (Å²) in [6.45, 7) is 2.78. The summed E-state index contributed by atoms with van der Waals surface area (Å²) >= 11 is 0. The van der Waals surface area contributed by atoms with Crippen molar-refractivity contribution in [3.8, 4) is 0 Å². The molecule has 0 radical (unpaired) electrons. The highest BCUT2D eigenvalue weighted by molar-refractivity contribution is 5.04. The second-order valence-corrected chi connectivity index (χ2v) is 3.94. The summed E-state index contributed by atoms with van der Waals surface area (Å²) in [4.78, 5) is 8.63. The van der Waals surface area contributed by atoms with Gasteiger partial charge in [0.25, 0.3) is 0 Å². The summed E-state index contributed by atoms with van der Waals surface area (Å²) in [5.41, 5.74) is 1.04. The summed E-state index contributed by atoms with van der Waals surface area (Å²) in [6, 6.07) is 2.66. The molecule has 0 spiro atoms. The molecule has 1 fully saturated rings. The van der Waals surface area contributed by atoms with Crippen LogP contribution in [0.2, 0.25) is 0 Å². The van der Waals surface area contributed by atoms with Crippen molar-refractivity contribution < 1.29 is 4.74 Å². The first-order chi connectivity index (χ1) is 7.29. The zero-order valence-corrected chi connectivity index (χ0v) is 9.23. The maximum atomic E-state index is 5.18. The maximum Gasteiger partial charge on any atom is 0.157 e. The molecule has 4 heteroatoms. The van der Waals surface area contributed by atoms with Crippen molar-refractivity contribution in [2.75, 3.05) is 7.11 Å². The normalized spacial score (nSPS) is 17.7. The molecule has 1 unspecified atom stereocenters. The molecule has 1 aromatic heterocycles. The van der Waals surface area contributed by atoms with Crippen LogP contribution in [-0.4, -0.2) is 23.1 Å². The van der Waals surface area contributed by atoms with Crippen LogP contribution in [0.4, 0.5) is 0 Å². The Bertz CT molecular complexity index is 325. The minimum atomic E-state index is -0.0362. The average Bonchev–Trinajstić information content (AvgIpc) is 3.09. The Labute approximate surface area is 90.1 Å². The zero-order valence-electron chi connectivity index (χ0n) is 9.23. The van der Waals surface area contributed by atoms with Gasteiger partial charge >= 0.3 is 0 Å². The van der Waals surface area contributed by atoms with Gasteiger partial charge in [-0.2, -0.15) is 0 Å². The van der Waals surface area contributed by atoms with E-state index in [1.165, 1.54) is 12.8 Å². The molecule has 0 amide bonds. The smallest absolute Gasteiger partial charge is 0.157 e. The van der Waals surface area contributed by atoms with Crippen molar-refractivity contribution >= 4 is 0 Å². The highest BCUT2D eigenvalue weighted by Crippen LogP contribution is 2.19. The van der Waals surface area contributed by atoms with Crippen molar-refractivity contribution in [3.63, 3.8) is 0 Å². The molecular formula is C11H17N3O. The number of hydrogen-bond donors (Lipinski definition) is 1. The van der Waals surface area contributed by atoms with Gasteiger partial charge in [-0.25, -0.2) is 9.97 Å². The number of methoxy groups -OCH3 is 1. The Morgan fingerprint density at radius 1 is 1.60 bits per heavy atom. The molecule has 82 valence electrons. The molecule has 0 aliphatic heterocycles. The Morgan fingerprint density at radius 2 is 2.40 bits per heavy atom. The van der Waals surface area contributed by atoms with Crippen LogP contribution >= 0.6 is 0 Å². The van der Waals surface area contributed by atoms with E-state index in [1.54, 1.807) is 13.3 Å². The van der Waals surface area contributed by atoms with Crippen molar-refractivity contribution in [1.29, 1.82) is 0 Å². The fourth-order valence-corrected chi connectivity index (χ4v) is 1.35. The highest BCUT2D eigenvalue weighted by Gasteiger charge is 2.20. The molecule has 15 heavy (non-hydrogen) atoms. The van der Waals surface area contributed by atoms with E-state index in [1.807, 2.05) is 13.0 Å². The van der Waals surface area contributed by atoms with E-state index >= 15 is 0 Å². The van der Waals surface area contributed by atoms with Crippen LogP contribution in [0.15, 0.2) is 12.3 Å². The predicted molar refractivity (Wildman–Crippen MR) is 57.3 cm³/mol. The second-order valence-electron chi connectivity index (χ2n) is 3.94. The van der Waals surface area contributed by atoms with Crippen molar-refractivity contribution in [2.45, 2.75) is 38.5 Å². The molecule has 0 bridgehead atoms. The topological polar surface area (TPSA) is 47.0 Å². The molecule has 0 aromatic carbocycles. The molecule has 1 heterocycles. The van der Waals surface area contributed by atoms with E-state index < -0.39 is 0 Å². The molecule has 4 nitrogen and oxygen atoms in total. The number of hydrogen-bond acceptors (Lipinski definition) is 4. The first kappa shape index (κ1) is 10.5. The summed E-state index contributed by atoms with van der Waals surface area (Å²) < 4.78 is 5.18. The van der Waals surface area contributed by atoms with E-state index in [2.05, 4.69) is 15.3 Å². The number of aromatic nitrogens is 2. The van der Waals surface area contributed by atoms with E-state index in [9.17, 15) is 0 Å². The third-order valence-electron chi connectivity index (χ3n) is 2.60. The highest BCUT2D eigenvalue weighted by atomic mass is 16.5. The lowest BCUT2D eigenvalue weighted by Crippen LogP contribution is -2.17. The molecule has 1 atom stereocenters. The summed E-state index contributed by atoms with van der Waals surface area (Å²) in [5.74, 6) is 0.757. The molecule has 1 saturated carbocycles. The monoisotopic (exact) mass is 207 g/mol. The first-order valence-electron chi connectivity index (χ1n) is 5.37. The Balaban J connectivity index is 1.97. The third kappa shape index (κ3) is 2.97. The van der Waals surface area contributed by atoms with Gasteiger partial charge in [-0.05, 0) is 25.8 Å².